The molecular formula is C29H32N4O2. The van der Waals surface area contributed by atoms with Gasteiger partial charge < -0.3 is 9.13 Å². The topological polar surface area (TPSA) is 69.8 Å². The Hall–Kier alpha value is -3.28. The minimum Gasteiger partial charge on any atom is -0.327 e. The second-order valence-electron chi connectivity index (χ2n) is 10.9. The van der Waals surface area contributed by atoms with Crippen molar-refractivity contribution in [1.82, 2.24) is 19.1 Å². The lowest BCUT2D eigenvalue weighted by molar-refractivity contribution is 0.100. The average molecular weight is 469 g/mol. The van der Waals surface area contributed by atoms with Gasteiger partial charge in [0.05, 0.1) is 34.7 Å². The molecule has 0 bridgehead atoms. The van der Waals surface area contributed by atoms with Crippen LogP contribution in [0.5, 0.6) is 0 Å². The molecule has 0 N–H and O–H groups in total. The second-order valence-corrected chi connectivity index (χ2v) is 10.9. The van der Waals surface area contributed by atoms with Gasteiger partial charge in [-0.1, -0.05) is 20.3 Å². The zero-order valence-electron chi connectivity index (χ0n) is 20.9. The molecule has 2 heterocycles. The number of rotatable bonds is 8. The van der Waals surface area contributed by atoms with Crippen LogP contribution in [-0.4, -0.2) is 30.7 Å². The van der Waals surface area contributed by atoms with Gasteiger partial charge in [-0.05, 0) is 86.8 Å². The summed E-state index contributed by atoms with van der Waals surface area (Å²) in [5.41, 5.74) is 5.72. The highest BCUT2D eigenvalue weighted by Crippen LogP contribution is 2.69. The van der Waals surface area contributed by atoms with Crippen LogP contribution in [0.25, 0.3) is 22.1 Å². The number of ketones is 2. The molecule has 180 valence electrons. The molecule has 2 aromatic heterocycles. The molecule has 2 saturated carbocycles. The number of carbonyl (C=O) groups is 2. The van der Waals surface area contributed by atoms with Gasteiger partial charge in [-0.15, -0.1) is 0 Å². The summed E-state index contributed by atoms with van der Waals surface area (Å²) in [4.78, 5) is 33.0. The van der Waals surface area contributed by atoms with Crippen molar-refractivity contribution >= 4 is 33.6 Å². The maximum absolute atomic E-state index is 11.9. The molecule has 5 atom stereocenters. The van der Waals surface area contributed by atoms with Gasteiger partial charge in [0, 0.05) is 23.2 Å². The van der Waals surface area contributed by atoms with Gasteiger partial charge in [-0.25, -0.2) is 9.97 Å². The van der Waals surface area contributed by atoms with Crippen LogP contribution in [0, 0.1) is 17.3 Å². The fraction of sp³-hybridized carbons (Fsp3) is 0.448. The first-order chi connectivity index (χ1) is 16.8. The Morgan fingerprint density at radius 3 is 2.40 bits per heavy atom. The Bertz CT molecular complexity index is 1480. The Morgan fingerprint density at radius 2 is 1.66 bits per heavy atom. The Morgan fingerprint density at radius 1 is 0.971 bits per heavy atom. The van der Waals surface area contributed by atoms with Gasteiger partial charge in [-0.3, -0.25) is 9.59 Å². The number of imidazole rings is 2. The van der Waals surface area contributed by atoms with E-state index in [1.54, 1.807) is 13.8 Å². The van der Waals surface area contributed by atoms with Gasteiger partial charge in [0.25, 0.3) is 0 Å². The first-order valence-corrected chi connectivity index (χ1v) is 12.8. The van der Waals surface area contributed by atoms with Crippen molar-refractivity contribution < 1.29 is 9.59 Å². The molecule has 0 amide bonds. The summed E-state index contributed by atoms with van der Waals surface area (Å²) < 4.78 is 4.65. The Labute approximate surface area is 205 Å². The number of carbonyl (C=O) groups excluding carboxylic acids is 2. The maximum atomic E-state index is 11.9. The van der Waals surface area contributed by atoms with E-state index in [1.165, 1.54) is 12.8 Å². The van der Waals surface area contributed by atoms with Crippen LogP contribution in [0.15, 0.2) is 49.1 Å². The molecule has 2 aromatic carbocycles. The van der Waals surface area contributed by atoms with Crippen LogP contribution in [0.2, 0.25) is 0 Å². The van der Waals surface area contributed by atoms with Crippen molar-refractivity contribution in [2.75, 3.05) is 0 Å². The highest BCUT2D eigenvalue weighted by atomic mass is 16.1. The number of hydrogen-bond donors (Lipinski definition) is 0. The van der Waals surface area contributed by atoms with E-state index in [-0.39, 0.29) is 17.0 Å². The molecule has 2 aliphatic carbocycles. The van der Waals surface area contributed by atoms with Crippen LogP contribution in [0.3, 0.4) is 0 Å². The van der Waals surface area contributed by atoms with Gasteiger partial charge in [-0.2, -0.15) is 0 Å². The highest BCUT2D eigenvalue weighted by molar-refractivity contribution is 5.98. The number of benzene rings is 2. The molecule has 2 aliphatic rings. The standard InChI is InChI=1S/C29H32N4O2/c1-5-6-22(21-13-26(21)32-15-30-23-9-7-20(18(3)35)12-27(23)32)29(4)14-28(29)33-16-31-24-11-19(17(2)34)8-10-25(24)33/h7-12,15-16,21-22,26,28H,5-6,13-14H2,1-4H3. The normalized spacial score (nSPS) is 26.2. The molecular weight excluding hydrogens is 436 g/mol. The van der Waals surface area contributed by atoms with Gasteiger partial charge in [0.2, 0.25) is 0 Å². The van der Waals surface area contributed by atoms with Crippen molar-refractivity contribution in [3.05, 3.63) is 60.2 Å². The summed E-state index contributed by atoms with van der Waals surface area (Å²) in [7, 11) is 0. The van der Waals surface area contributed by atoms with E-state index < -0.39 is 0 Å². The zero-order valence-corrected chi connectivity index (χ0v) is 20.9. The zero-order chi connectivity index (χ0) is 24.5. The van der Waals surface area contributed by atoms with E-state index in [2.05, 4.69) is 39.0 Å². The molecule has 0 spiro atoms. The van der Waals surface area contributed by atoms with Crippen LogP contribution >= 0.6 is 0 Å². The molecule has 6 heteroatoms. The Balaban J connectivity index is 1.28. The molecule has 35 heavy (non-hydrogen) atoms. The molecule has 0 radical (unpaired) electrons. The highest BCUT2D eigenvalue weighted by Gasteiger charge is 2.62. The van der Waals surface area contributed by atoms with Crippen molar-refractivity contribution in [1.29, 1.82) is 0 Å². The third-order valence-electron chi connectivity index (χ3n) is 8.66. The summed E-state index contributed by atoms with van der Waals surface area (Å²) in [6.45, 7) is 7.95. The van der Waals surface area contributed by atoms with Gasteiger partial charge in [0.15, 0.2) is 11.6 Å². The van der Waals surface area contributed by atoms with Crippen molar-refractivity contribution in [3.8, 4) is 0 Å². The number of hydrogen-bond acceptors (Lipinski definition) is 4. The molecule has 0 saturated heterocycles. The lowest BCUT2D eigenvalue weighted by Gasteiger charge is -2.26. The van der Waals surface area contributed by atoms with E-state index >= 15 is 0 Å². The first kappa shape index (κ1) is 22.2. The first-order valence-electron chi connectivity index (χ1n) is 12.8. The minimum atomic E-state index is 0.0722. The van der Waals surface area contributed by atoms with Crippen molar-refractivity contribution in [3.63, 3.8) is 0 Å². The van der Waals surface area contributed by atoms with Gasteiger partial charge >= 0.3 is 0 Å². The number of fused-ring (bicyclic) bond motifs is 2. The third kappa shape index (κ3) is 3.53. The summed E-state index contributed by atoms with van der Waals surface area (Å²) in [5, 5.41) is 0. The summed E-state index contributed by atoms with van der Waals surface area (Å²) in [6.07, 6.45) is 8.62. The molecule has 6 rings (SSSR count). The predicted octanol–water partition coefficient (Wildman–Crippen LogP) is 6.42. The molecule has 2 fully saturated rings. The van der Waals surface area contributed by atoms with Crippen LogP contribution in [-0.2, 0) is 0 Å². The van der Waals surface area contributed by atoms with E-state index in [0.29, 0.717) is 29.5 Å². The number of nitrogens with zero attached hydrogens (tertiary/aromatic N) is 4. The van der Waals surface area contributed by atoms with E-state index in [9.17, 15) is 9.59 Å². The largest absolute Gasteiger partial charge is 0.327 e. The Kier molecular flexibility index (Phi) is 4.99. The van der Waals surface area contributed by atoms with Crippen LogP contribution in [0.1, 0.15) is 86.2 Å². The van der Waals surface area contributed by atoms with E-state index in [1.807, 2.05) is 43.0 Å². The van der Waals surface area contributed by atoms with Crippen LogP contribution in [0.4, 0.5) is 0 Å². The minimum absolute atomic E-state index is 0.0722. The summed E-state index contributed by atoms with van der Waals surface area (Å²) in [6, 6.07) is 12.6. The number of Topliss-reactive ketones (excluding diaryl/α,β-unsaturated/α-hetero) is 2. The summed E-state index contributed by atoms with van der Waals surface area (Å²) >= 11 is 0. The van der Waals surface area contributed by atoms with Gasteiger partial charge in [0.1, 0.15) is 0 Å². The molecule has 4 aromatic rings. The fourth-order valence-electron chi connectivity index (χ4n) is 6.48. The predicted molar refractivity (Wildman–Crippen MR) is 137 cm³/mol. The molecule has 6 nitrogen and oxygen atoms in total. The van der Waals surface area contributed by atoms with Crippen molar-refractivity contribution in [2.24, 2.45) is 17.3 Å². The maximum Gasteiger partial charge on any atom is 0.159 e. The molecule has 0 aliphatic heterocycles. The fourth-order valence-corrected chi connectivity index (χ4v) is 6.48. The monoisotopic (exact) mass is 468 g/mol. The lowest BCUT2D eigenvalue weighted by Crippen LogP contribution is -2.20. The molecule has 5 unspecified atom stereocenters. The lowest BCUT2D eigenvalue weighted by atomic mass is 9.82. The SMILES string of the molecule is CCCC(C1CC1n1cnc2ccc(C(C)=O)cc21)C1(C)CC1n1cnc2cc(C(C)=O)ccc21. The quantitative estimate of drug-likeness (QED) is 0.280. The van der Waals surface area contributed by atoms with E-state index in [4.69, 9.17) is 0 Å². The number of aromatic nitrogens is 4. The van der Waals surface area contributed by atoms with Crippen LogP contribution < -0.4 is 0 Å². The smallest absolute Gasteiger partial charge is 0.159 e. The van der Waals surface area contributed by atoms with Crippen molar-refractivity contribution in [2.45, 2.75) is 65.5 Å². The second kappa shape index (κ2) is 7.87. The average Bonchev–Trinajstić information content (AvgIpc) is 3.65. The third-order valence-corrected chi connectivity index (χ3v) is 8.66. The summed E-state index contributed by atoms with van der Waals surface area (Å²) in [5.74, 6) is 1.39. The van der Waals surface area contributed by atoms with E-state index in [0.717, 1.165) is 40.5 Å².